The summed E-state index contributed by atoms with van der Waals surface area (Å²) in [6.45, 7) is 9.86. The predicted molar refractivity (Wildman–Crippen MR) is 148 cm³/mol. The zero-order chi connectivity index (χ0) is 29.8. The van der Waals surface area contributed by atoms with Gasteiger partial charge in [0.05, 0.1) is 12.7 Å². The molecule has 4 rings (SSSR count). The van der Waals surface area contributed by atoms with Gasteiger partial charge in [-0.25, -0.2) is 4.79 Å². The van der Waals surface area contributed by atoms with E-state index in [2.05, 4.69) is 0 Å². The molecule has 0 bridgehead atoms. The molecule has 2 aliphatic rings. The van der Waals surface area contributed by atoms with Crippen LogP contribution in [0.15, 0.2) is 48.5 Å². The van der Waals surface area contributed by atoms with Gasteiger partial charge in [-0.05, 0) is 69.4 Å². The molecule has 2 heterocycles. The quantitative estimate of drug-likeness (QED) is 0.338. The first-order chi connectivity index (χ1) is 19.4. The minimum Gasteiger partial charge on any atom is -0.493 e. The highest BCUT2D eigenvalue weighted by Crippen LogP contribution is 2.47. The molecule has 2 fully saturated rings. The van der Waals surface area contributed by atoms with Crippen LogP contribution >= 0.6 is 0 Å². The summed E-state index contributed by atoms with van der Waals surface area (Å²) in [5.41, 5.74) is 0.638. The molecule has 0 radical (unpaired) electrons. The Hall–Kier alpha value is -3.27. The van der Waals surface area contributed by atoms with E-state index in [1.165, 1.54) is 0 Å². The molecule has 7 nitrogen and oxygen atoms in total. The van der Waals surface area contributed by atoms with Crippen LogP contribution in [0.2, 0.25) is 0 Å². The van der Waals surface area contributed by atoms with E-state index < -0.39 is 23.8 Å². The third kappa shape index (κ3) is 7.52. The van der Waals surface area contributed by atoms with Crippen LogP contribution in [0.1, 0.15) is 62.9 Å². The van der Waals surface area contributed by atoms with Gasteiger partial charge in [0.15, 0.2) is 6.23 Å². The largest absolute Gasteiger partial charge is 0.493 e. The van der Waals surface area contributed by atoms with E-state index in [4.69, 9.17) is 14.2 Å². The van der Waals surface area contributed by atoms with Gasteiger partial charge in [0.2, 0.25) is 0 Å². The molecule has 2 aliphatic heterocycles. The van der Waals surface area contributed by atoms with Crippen molar-refractivity contribution >= 4 is 11.9 Å². The zero-order valence-electron chi connectivity index (χ0n) is 24.1. The third-order valence-electron chi connectivity index (χ3n) is 7.64. The number of amides is 1. The number of alkyl halides is 3. The van der Waals surface area contributed by atoms with Crippen LogP contribution in [0.3, 0.4) is 0 Å². The maximum Gasteiger partial charge on any atom is 0.490 e. The standard InChI is InChI=1S/C31H39F3N2O5/c1-21(2)20-39-26-8-6-5-7-24(26)19-36-18-15-30(28(36)41-29(38)31(32,33)34)13-16-35(17-14-30)27(37)23-9-11-25(12-10-23)40-22(3)4/h5-12,21-22,28H,13-20H2,1-4H3. The van der Waals surface area contributed by atoms with Crippen LogP contribution in [0.5, 0.6) is 11.5 Å². The van der Waals surface area contributed by atoms with Gasteiger partial charge in [-0.1, -0.05) is 32.0 Å². The van der Waals surface area contributed by atoms with E-state index in [1.807, 2.05) is 52.0 Å². The summed E-state index contributed by atoms with van der Waals surface area (Å²) in [6, 6.07) is 14.4. The van der Waals surface area contributed by atoms with Crippen LogP contribution in [-0.2, 0) is 16.1 Å². The Morgan fingerprint density at radius 2 is 1.59 bits per heavy atom. The first-order valence-corrected chi connectivity index (χ1v) is 14.2. The van der Waals surface area contributed by atoms with Gasteiger partial charge in [-0.2, -0.15) is 13.2 Å². The van der Waals surface area contributed by atoms with E-state index in [1.54, 1.807) is 34.1 Å². The highest BCUT2D eigenvalue weighted by atomic mass is 19.4. The maximum absolute atomic E-state index is 13.3. The molecule has 0 N–H and O–H groups in total. The number of nitrogens with zero attached hydrogens (tertiary/aromatic N) is 2. The first-order valence-electron chi connectivity index (χ1n) is 14.2. The molecule has 0 aromatic heterocycles. The Kier molecular flexibility index (Phi) is 9.51. The fourth-order valence-corrected chi connectivity index (χ4v) is 5.56. The lowest BCUT2D eigenvalue weighted by Gasteiger charge is -2.43. The molecule has 41 heavy (non-hydrogen) atoms. The summed E-state index contributed by atoms with van der Waals surface area (Å²) >= 11 is 0. The fraction of sp³-hybridized carbons (Fsp3) is 0.548. The van der Waals surface area contributed by atoms with Crippen molar-refractivity contribution < 1.29 is 37.0 Å². The summed E-state index contributed by atoms with van der Waals surface area (Å²) in [4.78, 5) is 28.8. The van der Waals surface area contributed by atoms with E-state index in [-0.39, 0.29) is 18.6 Å². The van der Waals surface area contributed by atoms with Crippen LogP contribution in [0.25, 0.3) is 0 Å². The molecule has 10 heteroatoms. The van der Waals surface area contributed by atoms with E-state index >= 15 is 0 Å². The van der Waals surface area contributed by atoms with Gasteiger partial charge in [0.25, 0.3) is 5.91 Å². The highest BCUT2D eigenvalue weighted by Gasteiger charge is 2.54. The SMILES string of the molecule is CC(C)COc1ccccc1CN1CCC2(CCN(C(=O)c3ccc(OC(C)C)cc3)CC2)C1OC(=O)C(F)(F)F. The number of halogens is 3. The second-order valence-electron chi connectivity index (χ2n) is 11.6. The van der Waals surface area contributed by atoms with Gasteiger partial charge in [-0.15, -0.1) is 0 Å². The molecule has 2 aromatic carbocycles. The number of carbonyl (C=O) groups excluding carboxylic acids is 2. The van der Waals surface area contributed by atoms with Crippen molar-refractivity contribution in [2.24, 2.45) is 11.3 Å². The topological polar surface area (TPSA) is 68.3 Å². The number of ether oxygens (including phenoxy) is 3. The highest BCUT2D eigenvalue weighted by molar-refractivity contribution is 5.94. The summed E-state index contributed by atoms with van der Waals surface area (Å²) in [5.74, 6) is -0.706. The van der Waals surface area contributed by atoms with Crippen molar-refractivity contribution in [1.29, 1.82) is 0 Å². The molecule has 224 valence electrons. The molecule has 1 amide bonds. The molecule has 1 atom stereocenters. The Morgan fingerprint density at radius 3 is 2.20 bits per heavy atom. The molecular weight excluding hydrogens is 537 g/mol. The van der Waals surface area contributed by atoms with Crippen molar-refractivity contribution in [2.75, 3.05) is 26.2 Å². The van der Waals surface area contributed by atoms with Crippen molar-refractivity contribution in [1.82, 2.24) is 9.80 Å². The molecule has 2 saturated heterocycles. The number of benzene rings is 2. The summed E-state index contributed by atoms with van der Waals surface area (Å²) in [6.07, 6.45) is -4.76. The van der Waals surface area contributed by atoms with Crippen LogP contribution in [-0.4, -0.2) is 66.4 Å². The number of hydrogen-bond donors (Lipinski definition) is 0. The lowest BCUT2D eigenvalue weighted by atomic mass is 9.76. The van der Waals surface area contributed by atoms with Gasteiger partial charge >= 0.3 is 12.1 Å². The van der Waals surface area contributed by atoms with Crippen molar-refractivity contribution in [3.8, 4) is 11.5 Å². The minimum atomic E-state index is -5.10. The Bertz CT molecular complexity index is 1190. The molecule has 2 aromatic rings. The molecular formula is C31H39F3N2O5. The lowest BCUT2D eigenvalue weighted by Crippen LogP contribution is -2.51. The number of esters is 1. The molecule has 1 unspecified atom stereocenters. The molecule has 0 saturated carbocycles. The number of rotatable bonds is 9. The van der Waals surface area contributed by atoms with Gasteiger partial charge < -0.3 is 19.1 Å². The lowest BCUT2D eigenvalue weighted by molar-refractivity contribution is -0.220. The summed E-state index contributed by atoms with van der Waals surface area (Å²) < 4.78 is 56.8. The Morgan fingerprint density at radius 1 is 0.951 bits per heavy atom. The van der Waals surface area contributed by atoms with E-state index in [0.29, 0.717) is 68.5 Å². The van der Waals surface area contributed by atoms with Gasteiger partial charge in [0.1, 0.15) is 11.5 Å². The monoisotopic (exact) mass is 576 g/mol. The average molecular weight is 577 g/mol. The normalized spacial score (nSPS) is 19.1. The molecule has 1 spiro atoms. The maximum atomic E-state index is 13.3. The van der Waals surface area contributed by atoms with E-state index in [0.717, 1.165) is 5.56 Å². The number of piperidine rings is 1. The Balaban J connectivity index is 1.49. The predicted octanol–water partition coefficient (Wildman–Crippen LogP) is 6.07. The van der Waals surface area contributed by atoms with Crippen LogP contribution < -0.4 is 9.47 Å². The smallest absolute Gasteiger partial charge is 0.490 e. The number of likely N-dealkylation sites (tertiary alicyclic amines) is 2. The third-order valence-corrected chi connectivity index (χ3v) is 7.64. The van der Waals surface area contributed by atoms with Crippen LogP contribution in [0, 0.1) is 11.3 Å². The summed E-state index contributed by atoms with van der Waals surface area (Å²) in [7, 11) is 0. The van der Waals surface area contributed by atoms with Crippen molar-refractivity contribution in [2.45, 2.75) is 72.0 Å². The Labute approximate surface area is 239 Å². The minimum absolute atomic E-state index is 0.0150. The van der Waals surface area contributed by atoms with Crippen molar-refractivity contribution in [3.05, 3.63) is 59.7 Å². The summed E-state index contributed by atoms with van der Waals surface area (Å²) in [5, 5.41) is 0. The zero-order valence-corrected chi connectivity index (χ0v) is 24.1. The second kappa shape index (κ2) is 12.7. The second-order valence-corrected chi connectivity index (χ2v) is 11.6. The number of hydrogen-bond acceptors (Lipinski definition) is 6. The van der Waals surface area contributed by atoms with Crippen LogP contribution in [0.4, 0.5) is 13.2 Å². The fourth-order valence-electron chi connectivity index (χ4n) is 5.56. The van der Waals surface area contributed by atoms with Gasteiger partial charge in [0, 0.05) is 42.7 Å². The van der Waals surface area contributed by atoms with Crippen molar-refractivity contribution in [3.63, 3.8) is 0 Å². The number of para-hydroxylation sites is 1. The molecule has 0 aliphatic carbocycles. The van der Waals surface area contributed by atoms with Gasteiger partial charge in [-0.3, -0.25) is 9.69 Å². The van der Waals surface area contributed by atoms with E-state index in [9.17, 15) is 22.8 Å². The first kappa shape index (κ1) is 30.7. The number of carbonyl (C=O) groups is 2. The average Bonchev–Trinajstić information content (AvgIpc) is 3.23.